The fourth-order valence-electron chi connectivity index (χ4n) is 2.12. The third kappa shape index (κ3) is 3.70. The minimum Gasteiger partial charge on any atom is -0.447 e. The molecule has 1 atom stereocenters. The van der Waals surface area contributed by atoms with E-state index in [4.69, 9.17) is 9.15 Å². The largest absolute Gasteiger partial charge is 0.447 e. The van der Waals surface area contributed by atoms with Crippen molar-refractivity contribution >= 4 is 22.8 Å². The van der Waals surface area contributed by atoms with Crippen molar-refractivity contribution in [2.75, 3.05) is 6.54 Å². The fraction of sp³-hybridized carbons (Fsp3) is 0.412. The molecular weight excluding hydrogens is 301 g/mol. The minimum atomic E-state index is -0.960. The molecule has 124 valence electrons. The summed E-state index contributed by atoms with van der Waals surface area (Å²) in [5.74, 6) is -1.51. The van der Waals surface area contributed by atoms with Gasteiger partial charge in [0, 0.05) is 17.5 Å². The quantitative estimate of drug-likeness (QED) is 0.859. The molecule has 0 aliphatic carbocycles. The Labute approximate surface area is 133 Å². The van der Waals surface area contributed by atoms with Gasteiger partial charge < -0.3 is 14.5 Å². The number of halogens is 1. The lowest BCUT2D eigenvalue weighted by Crippen LogP contribution is -2.37. The number of esters is 1. The number of carbonyl (C=O) groups excluding carboxylic acids is 2. The van der Waals surface area contributed by atoms with Gasteiger partial charge in [-0.05, 0) is 25.8 Å². The molecule has 0 bridgehead atoms. The Morgan fingerprint density at radius 3 is 2.61 bits per heavy atom. The van der Waals surface area contributed by atoms with E-state index in [0.29, 0.717) is 23.4 Å². The molecule has 0 fully saturated rings. The number of amides is 1. The zero-order valence-corrected chi connectivity index (χ0v) is 13.6. The summed E-state index contributed by atoms with van der Waals surface area (Å²) in [6, 6.07) is 4.45. The average Bonchev–Trinajstić information content (AvgIpc) is 2.83. The zero-order valence-electron chi connectivity index (χ0n) is 13.6. The van der Waals surface area contributed by atoms with Crippen molar-refractivity contribution in [2.24, 2.45) is 5.92 Å². The molecule has 5 nitrogen and oxygen atoms in total. The predicted molar refractivity (Wildman–Crippen MR) is 83.6 cm³/mol. The Morgan fingerprint density at radius 1 is 1.30 bits per heavy atom. The molecule has 2 aromatic rings. The number of hydrogen-bond acceptors (Lipinski definition) is 4. The molecule has 23 heavy (non-hydrogen) atoms. The van der Waals surface area contributed by atoms with Crippen LogP contribution in [0.3, 0.4) is 0 Å². The number of aryl methyl sites for hydroxylation is 1. The smallest absolute Gasteiger partial charge is 0.375 e. The minimum absolute atomic E-state index is 0.00821. The van der Waals surface area contributed by atoms with E-state index in [1.54, 1.807) is 13.0 Å². The van der Waals surface area contributed by atoms with Gasteiger partial charge in [-0.15, -0.1) is 0 Å². The summed E-state index contributed by atoms with van der Waals surface area (Å²) < 4.78 is 24.1. The molecule has 1 amide bonds. The van der Waals surface area contributed by atoms with Crippen LogP contribution in [-0.2, 0) is 9.53 Å². The molecule has 0 aliphatic rings. The number of benzene rings is 1. The number of nitrogens with one attached hydrogen (secondary N) is 1. The van der Waals surface area contributed by atoms with E-state index in [9.17, 15) is 14.0 Å². The van der Waals surface area contributed by atoms with Crippen LogP contribution in [-0.4, -0.2) is 24.5 Å². The van der Waals surface area contributed by atoms with Crippen LogP contribution in [0.15, 0.2) is 22.6 Å². The Balaban J connectivity index is 2.13. The van der Waals surface area contributed by atoms with Crippen LogP contribution in [0.5, 0.6) is 0 Å². The molecule has 1 heterocycles. The number of fused-ring (bicyclic) bond motifs is 1. The van der Waals surface area contributed by atoms with Crippen molar-refractivity contribution in [2.45, 2.75) is 33.8 Å². The first kappa shape index (κ1) is 17.0. The van der Waals surface area contributed by atoms with Gasteiger partial charge in [-0.3, -0.25) is 4.79 Å². The van der Waals surface area contributed by atoms with E-state index in [-0.39, 0.29) is 17.3 Å². The Morgan fingerprint density at radius 2 is 2.00 bits per heavy atom. The molecule has 2 rings (SSSR count). The van der Waals surface area contributed by atoms with Gasteiger partial charge in [0.15, 0.2) is 17.5 Å². The second-order valence-corrected chi connectivity index (χ2v) is 5.86. The summed E-state index contributed by atoms with van der Waals surface area (Å²) >= 11 is 0. The maximum Gasteiger partial charge on any atom is 0.375 e. The summed E-state index contributed by atoms with van der Waals surface area (Å²) in [5, 5.41) is 3.19. The van der Waals surface area contributed by atoms with Gasteiger partial charge >= 0.3 is 5.97 Å². The van der Waals surface area contributed by atoms with E-state index in [1.807, 2.05) is 13.8 Å². The van der Waals surface area contributed by atoms with Crippen LogP contribution in [0, 0.1) is 18.7 Å². The van der Waals surface area contributed by atoms with Crippen molar-refractivity contribution in [1.29, 1.82) is 0 Å². The van der Waals surface area contributed by atoms with Crippen molar-refractivity contribution in [3.05, 3.63) is 35.3 Å². The van der Waals surface area contributed by atoms with Crippen LogP contribution in [0.25, 0.3) is 11.0 Å². The lowest BCUT2D eigenvalue weighted by Gasteiger charge is -2.14. The number of carbonyl (C=O) groups is 2. The van der Waals surface area contributed by atoms with E-state index in [1.165, 1.54) is 19.1 Å². The number of furan rings is 1. The molecule has 0 aliphatic heterocycles. The molecule has 1 aromatic carbocycles. The summed E-state index contributed by atoms with van der Waals surface area (Å²) in [5.41, 5.74) is 0.494. The first-order valence-electron chi connectivity index (χ1n) is 7.47. The molecule has 1 N–H and O–H groups in total. The molecule has 1 aromatic heterocycles. The van der Waals surface area contributed by atoms with Crippen LogP contribution in [0.2, 0.25) is 0 Å². The van der Waals surface area contributed by atoms with Crippen molar-refractivity contribution in [3.8, 4) is 0 Å². The topological polar surface area (TPSA) is 68.5 Å². The molecular formula is C17H20FNO4. The number of para-hydroxylation sites is 1. The summed E-state index contributed by atoms with van der Waals surface area (Å²) in [4.78, 5) is 24.0. The van der Waals surface area contributed by atoms with Crippen LogP contribution < -0.4 is 5.32 Å². The average molecular weight is 321 g/mol. The maximum absolute atomic E-state index is 13.7. The zero-order chi connectivity index (χ0) is 17.1. The van der Waals surface area contributed by atoms with Crippen molar-refractivity contribution < 1.29 is 23.1 Å². The van der Waals surface area contributed by atoms with E-state index >= 15 is 0 Å². The molecule has 0 radical (unpaired) electrons. The van der Waals surface area contributed by atoms with Crippen LogP contribution in [0.4, 0.5) is 4.39 Å². The molecule has 0 spiro atoms. The highest BCUT2D eigenvalue weighted by Gasteiger charge is 2.25. The summed E-state index contributed by atoms with van der Waals surface area (Å²) in [6.45, 7) is 7.54. The number of hydrogen-bond donors (Lipinski definition) is 1. The molecule has 6 heteroatoms. The van der Waals surface area contributed by atoms with Gasteiger partial charge in [0.2, 0.25) is 5.76 Å². The first-order valence-corrected chi connectivity index (χ1v) is 7.47. The fourth-order valence-corrected chi connectivity index (χ4v) is 2.12. The monoisotopic (exact) mass is 321 g/mol. The number of rotatable bonds is 5. The van der Waals surface area contributed by atoms with E-state index in [0.717, 1.165) is 0 Å². The summed E-state index contributed by atoms with van der Waals surface area (Å²) in [6.07, 6.45) is -0.960. The lowest BCUT2D eigenvalue weighted by molar-refractivity contribution is -0.129. The molecule has 0 saturated carbocycles. The van der Waals surface area contributed by atoms with Crippen LogP contribution >= 0.6 is 0 Å². The Bertz CT molecular complexity index is 736. The van der Waals surface area contributed by atoms with Gasteiger partial charge in [0.25, 0.3) is 5.91 Å². The third-order valence-electron chi connectivity index (χ3n) is 3.44. The Kier molecular flexibility index (Phi) is 5.03. The van der Waals surface area contributed by atoms with Gasteiger partial charge in [-0.1, -0.05) is 26.0 Å². The highest BCUT2D eigenvalue weighted by atomic mass is 19.1. The van der Waals surface area contributed by atoms with E-state index < -0.39 is 17.9 Å². The standard InChI is InChI=1S/C17H20FNO4/c1-9(2)8-19-16(20)11(4)22-17(21)14-10(3)12-6-5-7-13(18)15(12)23-14/h5-7,9,11H,8H2,1-4H3,(H,19,20)/t11-/m0/s1. The third-order valence-corrected chi connectivity index (χ3v) is 3.44. The van der Waals surface area contributed by atoms with Gasteiger partial charge in [0.05, 0.1) is 0 Å². The van der Waals surface area contributed by atoms with Gasteiger partial charge in [-0.25, -0.2) is 9.18 Å². The first-order chi connectivity index (χ1) is 10.8. The predicted octanol–water partition coefficient (Wildman–Crippen LogP) is 3.20. The van der Waals surface area contributed by atoms with Crippen molar-refractivity contribution in [3.63, 3.8) is 0 Å². The molecule has 0 unspecified atom stereocenters. The maximum atomic E-state index is 13.7. The number of ether oxygens (including phenoxy) is 1. The SMILES string of the molecule is Cc1c(C(=O)O[C@@H](C)C(=O)NCC(C)C)oc2c(F)cccc12. The Hall–Kier alpha value is -2.37. The summed E-state index contributed by atoms with van der Waals surface area (Å²) in [7, 11) is 0. The lowest BCUT2D eigenvalue weighted by atomic mass is 10.1. The normalized spacial score (nSPS) is 12.4. The second-order valence-electron chi connectivity index (χ2n) is 5.86. The van der Waals surface area contributed by atoms with Gasteiger partial charge in [0.1, 0.15) is 0 Å². The second kappa shape index (κ2) is 6.81. The van der Waals surface area contributed by atoms with E-state index in [2.05, 4.69) is 5.32 Å². The van der Waals surface area contributed by atoms with Crippen molar-refractivity contribution in [1.82, 2.24) is 5.32 Å². The van der Waals surface area contributed by atoms with Gasteiger partial charge in [-0.2, -0.15) is 0 Å². The highest BCUT2D eigenvalue weighted by molar-refractivity contribution is 5.97. The highest BCUT2D eigenvalue weighted by Crippen LogP contribution is 2.27. The molecule has 0 saturated heterocycles. The van der Waals surface area contributed by atoms with Crippen LogP contribution in [0.1, 0.15) is 36.9 Å².